The average molecular weight is 297 g/mol. The Balaban J connectivity index is 2.22. The first-order chi connectivity index (χ1) is 10.6. The van der Waals surface area contributed by atoms with Crippen LogP contribution in [-0.2, 0) is 0 Å². The molecule has 1 unspecified atom stereocenters. The predicted molar refractivity (Wildman–Crippen MR) is 89.1 cm³/mol. The Morgan fingerprint density at radius 3 is 2.32 bits per heavy atom. The number of nitrogens with one attached hydrogen (secondary N) is 1. The molecule has 1 N–H and O–H groups in total. The van der Waals surface area contributed by atoms with E-state index in [1.54, 1.807) is 6.07 Å². The number of ether oxygens (including phenoxy) is 1. The van der Waals surface area contributed by atoms with Crippen molar-refractivity contribution in [1.82, 2.24) is 5.32 Å². The van der Waals surface area contributed by atoms with Crippen LogP contribution in [0.3, 0.4) is 0 Å². The summed E-state index contributed by atoms with van der Waals surface area (Å²) in [7, 11) is 0. The molecule has 2 aromatic rings. The Hall–Kier alpha value is -2.29. The highest BCUT2D eigenvalue weighted by Crippen LogP contribution is 2.24. The van der Waals surface area contributed by atoms with Crippen LogP contribution in [0, 0.1) is 5.92 Å². The molecule has 0 spiro atoms. The molecule has 116 valence electrons. The second-order valence-corrected chi connectivity index (χ2v) is 5.54. The lowest BCUT2D eigenvalue weighted by atomic mass is 9.95. The van der Waals surface area contributed by atoms with E-state index in [0.717, 1.165) is 5.56 Å². The SMILES string of the molecule is CCOc1ccccc1C(=O)NC(c1ccccc1)C(C)C. The minimum absolute atomic E-state index is 0.0246. The van der Waals surface area contributed by atoms with Gasteiger partial charge in [0, 0.05) is 0 Å². The summed E-state index contributed by atoms with van der Waals surface area (Å²) >= 11 is 0. The molecule has 0 aliphatic heterocycles. The van der Waals surface area contributed by atoms with Gasteiger partial charge < -0.3 is 10.1 Å². The van der Waals surface area contributed by atoms with E-state index in [1.807, 2.05) is 55.5 Å². The molecule has 2 aromatic carbocycles. The zero-order valence-corrected chi connectivity index (χ0v) is 13.4. The molecule has 1 amide bonds. The predicted octanol–water partition coefficient (Wildman–Crippen LogP) is 4.21. The molecule has 0 fully saturated rings. The molecular weight excluding hydrogens is 274 g/mol. The third-order valence-electron chi connectivity index (χ3n) is 3.54. The van der Waals surface area contributed by atoms with Crippen molar-refractivity contribution in [3.63, 3.8) is 0 Å². The molecule has 1 atom stereocenters. The van der Waals surface area contributed by atoms with Crippen molar-refractivity contribution >= 4 is 5.91 Å². The van der Waals surface area contributed by atoms with Crippen molar-refractivity contribution < 1.29 is 9.53 Å². The normalized spacial score (nSPS) is 12.0. The molecule has 0 heterocycles. The fourth-order valence-electron chi connectivity index (χ4n) is 2.45. The Bertz CT molecular complexity index is 608. The van der Waals surface area contributed by atoms with Crippen LogP contribution in [0.25, 0.3) is 0 Å². The van der Waals surface area contributed by atoms with Crippen molar-refractivity contribution in [3.05, 3.63) is 65.7 Å². The number of carbonyl (C=O) groups is 1. The van der Waals surface area contributed by atoms with Gasteiger partial charge in [-0.25, -0.2) is 0 Å². The van der Waals surface area contributed by atoms with Gasteiger partial charge in [-0.1, -0.05) is 56.3 Å². The van der Waals surface area contributed by atoms with Crippen LogP contribution >= 0.6 is 0 Å². The lowest BCUT2D eigenvalue weighted by Crippen LogP contribution is -2.32. The molecule has 0 aromatic heterocycles. The van der Waals surface area contributed by atoms with E-state index in [4.69, 9.17) is 4.74 Å². The Labute approximate surface area is 132 Å². The quantitative estimate of drug-likeness (QED) is 0.867. The lowest BCUT2D eigenvalue weighted by molar-refractivity contribution is 0.0922. The number of rotatable bonds is 6. The molecule has 3 heteroatoms. The minimum atomic E-state index is -0.105. The van der Waals surface area contributed by atoms with Crippen LogP contribution in [0.15, 0.2) is 54.6 Å². The number of benzene rings is 2. The summed E-state index contributed by atoms with van der Waals surface area (Å²) in [5.74, 6) is 0.815. The number of hydrogen-bond donors (Lipinski definition) is 1. The van der Waals surface area contributed by atoms with Crippen molar-refractivity contribution in [3.8, 4) is 5.75 Å². The number of carbonyl (C=O) groups excluding carboxylic acids is 1. The number of hydrogen-bond acceptors (Lipinski definition) is 2. The van der Waals surface area contributed by atoms with E-state index in [2.05, 4.69) is 19.2 Å². The standard InChI is InChI=1S/C19H23NO2/c1-4-22-17-13-9-8-12-16(17)19(21)20-18(14(2)3)15-10-6-5-7-11-15/h5-14,18H,4H2,1-3H3,(H,20,21). The van der Waals surface area contributed by atoms with Gasteiger partial charge >= 0.3 is 0 Å². The van der Waals surface area contributed by atoms with E-state index in [9.17, 15) is 4.79 Å². The van der Waals surface area contributed by atoms with Gasteiger partial charge in [0.05, 0.1) is 18.2 Å². The average Bonchev–Trinajstić information content (AvgIpc) is 2.54. The molecular formula is C19H23NO2. The van der Waals surface area contributed by atoms with E-state index in [-0.39, 0.29) is 11.9 Å². The van der Waals surface area contributed by atoms with Crippen molar-refractivity contribution in [2.45, 2.75) is 26.8 Å². The highest BCUT2D eigenvalue weighted by Gasteiger charge is 2.20. The summed E-state index contributed by atoms with van der Waals surface area (Å²) < 4.78 is 5.55. The second kappa shape index (κ2) is 7.64. The topological polar surface area (TPSA) is 38.3 Å². The van der Waals surface area contributed by atoms with Crippen molar-refractivity contribution in [2.75, 3.05) is 6.61 Å². The first-order valence-electron chi connectivity index (χ1n) is 7.71. The molecule has 22 heavy (non-hydrogen) atoms. The van der Waals surface area contributed by atoms with Crippen LogP contribution in [0.1, 0.15) is 42.7 Å². The van der Waals surface area contributed by atoms with E-state index >= 15 is 0 Å². The van der Waals surface area contributed by atoms with Gasteiger partial charge in [0.15, 0.2) is 0 Å². The number of para-hydroxylation sites is 1. The largest absolute Gasteiger partial charge is 0.493 e. The van der Waals surface area contributed by atoms with Crippen LogP contribution in [-0.4, -0.2) is 12.5 Å². The molecule has 0 saturated carbocycles. The van der Waals surface area contributed by atoms with Crippen LogP contribution in [0.2, 0.25) is 0 Å². The summed E-state index contributed by atoms with van der Waals surface area (Å²) in [6.07, 6.45) is 0. The van der Waals surface area contributed by atoms with E-state index < -0.39 is 0 Å². The minimum Gasteiger partial charge on any atom is -0.493 e. The maximum Gasteiger partial charge on any atom is 0.255 e. The van der Waals surface area contributed by atoms with Gasteiger partial charge in [-0.15, -0.1) is 0 Å². The lowest BCUT2D eigenvalue weighted by Gasteiger charge is -2.23. The van der Waals surface area contributed by atoms with Gasteiger partial charge in [0.1, 0.15) is 5.75 Å². The summed E-state index contributed by atoms with van der Waals surface area (Å²) in [5, 5.41) is 3.13. The third kappa shape index (κ3) is 3.88. The fourth-order valence-corrected chi connectivity index (χ4v) is 2.45. The zero-order chi connectivity index (χ0) is 15.9. The fraction of sp³-hybridized carbons (Fsp3) is 0.316. The molecule has 0 saturated heterocycles. The van der Waals surface area contributed by atoms with Gasteiger partial charge in [-0.05, 0) is 30.5 Å². The van der Waals surface area contributed by atoms with Crippen LogP contribution in [0.5, 0.6) is 5.75 Å². The summed E-state index contributed by atoms with van der Waals surface area (Å²) in [6.45, 7) is 6.66. The molecule has 0 bridgehead atoms. The first-order valence-corrected chi connectivity index (χ1v) is 7.71. The maximum absolute atomic E-state index is 12.6. The highest BCUT2D eigenvalue weighted by molar-refractivity contribution is 5.97. The molecule has 3 nitrogen and oxygen atoms in total. The maximum atomic E-state index is 12.6. The first kappa shape index (κ1) is 16.1. The van der Waals surface area contributed by atoms with Gasteiger partial charge in [-0.3, -0.25) is 4.79 Å². The number of amides is 1. The zero-order valence-electron chi connectivity index (χ0n) is 13.4. The summed E-state index contributed by atoms with van der Waals surface area (Å²) in [6, 6.07) is 17.4. The molecule has 0 aliphatic rings. The third-order valence-corrected chi connectivity index (χ3v) is 3.54. The Morgan fingerprint density at radius 2 is 1.68 bits per heavy atom. The smallest absolute Gasteiger partial charge is 0.255 e. The van der Waals surface area contributed by atoms with Gasteiger partial charge in [0.2, 0.25) is 0 Å². The van der Waals surface area contributed by atoms with Gasteiger partial charge in [-0.2, -0.15) is 0 Å². The van der Waals surface area contributed by atoms with Crippen molar-refractivity contribution in [2.24, 2.45) is 5.92 Å². The molecule has 0 aliphatic carbocycles. The van der Waals surface area contributed by atoms with Crippen LogP contribution < -0.4 is 10.1 Å². The summed E-state index contributed by atoms with van der Waals surface area (Å²) in [5.41, 5.74) is 1.69. The van der Waals surface area contributed by atoms with E-state index in [0.29, 0.717) is 23.8 Å². The molecule has 2 rings (SSSR count). The van der Waals surface area contributed by atoms with E-state index in [1.165, 1.54) is 0 Å². The summed E-state index contributed by atoms with van der Waals surface area (Å²) in [4.78, 5) is 12.6. The Kier molecular flexibility index (Phi) is 5.59. The molecule has 0 radical (unpaired) electrons. The second-order valence-electron chi connectivity index (χ2n) is 5.54. The Morgan fingerprint density at radius 1 is 1.05 bits per heavy atom. The monoisotopic (exact) mass is 297 g/mol. The van der Waals surface area contributed by atoms with Crippen molar-refractivity contribution in [1.29, 1.82) is 0 Å². The van der Waals surface area contributed by atoms with Gasteiger partial charge in [0.25, 0.3) is 5.91 Å². The highest BCUT2D eigenvalue weighted by atomic mass is 16.5. The van der Waals surface area contributed by atoms with Crippen LogP contribution in [0.4, 0.5) is 0 Å².